The molecule has 1 aliphatic rings. The van der Waals surface area contributed by atoms with E-state index in [-0.39, 0.29) is 18.9 Å². The number of carboxylic acid groups (broad SMARTS) is 1. The van der Waals surface area contributed by atoms with Crippen molar-refractivity contribution in [3.8, 4) is 16.9 Å². The van der Waals surface area contributed by atoms with E-state index in [4.69, 9.17) is 19.3 Å². The Bertz CT molecular complexity index is 1180. The summed E-state index contributed by atoms with van der Waals surface area (Å²) < 4.78 is 15.5. The SMILES string of the molecule is COC(=O)[C@@H](Cc1ccc(OCC(=O)O)cc1)NC(=O)OCC1c2ccccc2-c2ccccc21. The molecule has 0 aromatic heterocycles. The van der Waals surface area contributed by atoms with Gasteiger partial charge < -0.3 is 24.6 Å². The van der Waals surface area contributed by atoms with E-state index in [2.05, 4.69) is 17.4 Å². The van der Waals surface area contributed by atoms with E-state index < -0.39 is 30.7 Å². The van der Waals surface area contributed by atoms with E-state index in [9.17, 15) is 14.4 Å². The number of hydrogen-bond donors (Lipinski definition) is 2. The molecule has 0 aliphatic heterocycles. The minimum atomic E-state index is -1.08. The van der Waals surface area contributed by atoms with Gasteiger partial charge in [0.15, 0.2) is 6.61 Å². The Morgan fingerprint density at radius 2 is 1.51 bits per heavy atom. The highest BCUT2D eigenvalue weighted by atomic mass is 16.6. The zero-order valence-electron chi connectivity index (χ0n) is 19.1. The Morgan fingerprint density at radius 1 is 0.914 bits per heavy atom. The maximum Gasteiger partial charge on any atom is 0.407 e. The molecule has 4 rings (SSSR count). The van der Waals surface area contributed by atoms with Gasteiger partial charge in [-0.25, -0.2) is 14.4 Å². The van der Waals surface area contributed by atoms with Gasteiger partial charge in [-0.2, -0.15) is 0 Å². The van der Waals surface area contributed by atoms with Gasteiger partial charge in [-0.3, -0.25) is 0 Å². The Hall–Kier alpha value is -4.33. The van der Waals surface area contributed by atoms with Gasteiger partial charge in [0, 0.05) is 12.3 Å². The molecule has 0 bridgehead atoms. The molecule has 3 aromatic rings. The summed E-state index contributed by atoms with van der Waals surface area (Å²) in [5.41, 5.74) is 5.16. The van der Waals surface area contributed by atoms with E-state index >= 15 is 0 Å². The highest BCUT2D eigenvalue weighted by molar-refractivity contribution is 5.82. The maximum atomic E-state index is 12.6. The lowest BCUT2D eigenvalue weighted by atomic mass is 9.98. The quantitative estimate of drug-likeness (QED) is 0.453. The molecule has 0 heterocycles. The first kappa shape index (κ1) is 23.8. The Morgan fingerprint density at radius 3 is 2.09 bits per heavy atom. The molecule has 8 nitrogen and oxygen atoms in total. The fourth-order valence-electron chi connectivity index (χ4n) is 4.22. The van der Waals surface area contributed by atoms with Crippen LogP contribution in [-0.2, 0) is 25.5 Å². The van der Waals surface area contributed by atoms with Gasteiger partial charge in [0.25, 0.3) is 0 Å². The summed E-state index contributed by atoms with van der Waals surface area (Å²) in [6, 6.07) is 21.7. The van der Waals surface area contributed by atoms with Crippen LogP contribution in [0.4, 0.5) is 4.79 Å². The fraction of sp³-hybridized carbons (Fsp3) is 0.222. The molecule has 1 atom stereocenters. The average molecular weight is 475 g/mol. The number of carbonyl (C=O) groups is 3. The van der Waals surface area contributed by atoms with E-state index in [0.29, 0.717) is 5.75 Å². The van der Waals surface area contributed by atoms with Crippen molar-refractivity contribution in [1.82, 2.24) is 5.32 Å². The molecular weight excluding hydrogens is 450 g/mol. The molecule has 0 fully saturated rings. The molecule has 2 N–H and O–H groups in total. The van der Waals surface area contributed by atoms with Gasteiger partial charge in [-0.15, -0.1) is 0 Å². The van der Waals surface area contributed by atoms with Gasteiger partial charge in [-0.1, -0.05) is 60.7 Å². The number of rotatable bonds is 9. The minimum absolute atomic E-state index is 0.0944. The first-order chi connectivity index (χ1) is 17.0. The van der Waals surface area contributed by atoms with Crippen LogP contribution in [0.25, 0.3) is 11.1 Å². The molecule has 1 aliphatic carbocycles. The number of esters is 1. The van der Waals surface area contributed by atoms with Crippen molar-refractivity contribution in [3.05, 3.63) is 89.5 Å². The second kappa shape index (κ2) is 10.7. The summed E-state index contributed by atoms with van der Waals surface area (Å²) in [6.07, 6.45) is -0.556. The van der Waals surface area contributed by atoms with E-state index in [1.807, 2.05) is 36.4 Å². The number of fused-ring (bicyclic) bond motifs is 3. The molecule has 0 spiro atoms. The topological polar surface area (TPSA) is 111 Å². The molecule has 0 radical (unpaired) electrons. The predicted octanol–water partition coefficient (Wildman–Crippen LogP) is 3.77. The van der Waals surface area contributed by atoms with E-state index in [1.165, 1.54) is 7.11 Å². The van der Waals surface area contributed by atoms with Gasteiger partial charge in [0.2, 0.25) is 0 Å². The van der Waals surface area contributed by atoms with Gasteiger partial charge >= 0.3 is 18.0 Å². The molecule has 3 aromatic carbocycles. The molecule has 180 valence electrons. The standard InChI is InChI=1S/C27H25NO7/c1-33-26(31)24(14-17-10-12-18(13-11-17)34-16-25(29)30)28-27(32)35-15-23-21-8-4-2-6-19(21)20-7-3-5-9-22(20)23/h2-13,23-24H,14-16H2,1H3,(H,28,32)(H,29,30)/t24-/m1/s1. The Kier molecular flexibility index (Phi) is 7.30. The third kappa shape index (κ3) is 5.60. The maximum absolute atomic E-state index is 12.6. The van der Waals surface area contributed by atoms with Crippen molar-refractivity contribution < 1.29 is 33.7 Å². The number of amides is 1. The smallest absolute Gasteiger partial charge is 0.407 e. The minimum Gasteiger partial charge on any atom is -0.482 e. The number of aliphatic carboxylic acids is 1. The highest BCUT2D eigenvalue weighted by Crippen LogP contribution is 2.44. The molecular formula is C27H25NO7. The molecule has 0 saturated heterocycles. The van der Waals surface area contributed by atoms with Crippen LogP contribution in [0.2, 0.25) is 0 Å². The zero-order valence-corrected chi connectivity index (χ0v) is 19.1. The van der Waals surface area contributed by atoms with Gasteiger partial charge in [0.1, 0.15) is 18.4 Å². The van der Waals surface area contributed by atoms with Crippen molar-refractivity contribution in [3.63, 3.8) is 0 Å². The van der Waals surface area contributed by atoms with Crippen LogP contribution < -0.4 is 10.1 Å². The van der Waals surface area contributed by atoms with Crippen molar-refractivity contribution in [2.75, 3.05) is 20.3 Å². The number of alkyl carbamates (subject to hydrolysis) is 1. The van der Waals surface area contributed by atoms with Crippen LogP contribution >= 0.6 is 0 Å². The molecule has 0 unspecified atom stereocenters. The Balaban J connectivity index is 1.39. The zero-order chi connectivity index (χ0) is 24.8. The Labute approximate surface area is 202 Å². The normalized spacial score (nSPS) is 12.7. The summed E-state index contributed by atoms with van der Waals surface area (Å²) in [7, 11) is 1.25. The summed E-state index contributed by atoms with van der Waals surface area (Å²) in [6.45, 7) is -0.323. The summed E-state index contributed by atoms with van der Waals surface area (Å²) >= 11 is 0. The van der Waals surface area contributed by atoms with Crippen LogP contribution in [-0.4, -0.2) is 49.5 Å². The number of benzene rings is 3. The lowest BCUT2D eigenvalue weighted by Gasteiger charge is -2.18. The van der Waals surface area contributed by atoms with Crippen molar-refractivity contribution >= 4 is 18.0 Å². The van der Waals surface area contributed by atoms with Crippen LogP contribution in [0.5, 0.6) is 5.75 Å². The molecule has 0 saturated carbocycles. The number of ether oxygens (including phenoxy) is 3. The fourth-order valence-corrected chi connectivity index (χ4v) is 4.22. The lowest BCUT2D eigenvalue weighted by Crippen LogP contribution is -2.43. The summed E-state index contributed by atoms with van der Waals surface area (Å²) in [4.78, 5) is 35.6. The third-order valence-electron chi connectivity index (χ3n) is 5.85. The second-order valence-corrected chi connectivity index (χ2v) is 8.08. The number of hydrogen-bond acceptors (Lipinski definition) is 6. The second-order valence-electron chi connectivity index (χ2n) is 8.08. The van der Waals surface area contributed by atoms with Crippen molar-refractivity contribution in [2.24, 2.45) is 0 Å². The van der Waals surface area contributed by atoms with E-state index in [1.54, 1.807) is 24.3 Å². The first-order valence-electron chi connectivity index (χ1n) is 11.1. The monoisotopic (exact) mass is 475 g/mol. The largest absolute Gasteiger partial charge is 0.482 e. The predicted molar refractivity (Wildman–Crippen MR) is 127 cm³/mol. The highest BCUT2D eigenvalue weighted by Gasteiger charge is 2.30. The lowest BCUT2D eigenvalue weighted by molar-refractivity contribution is -0.143. The van der Waals surface area contributed by atoms with Crippen LogP contribution in [0.3, 0.4) is 0 Å². The van der Waals surface area contributed by atoms with Crippen LogP contribution in [0, 0.1) is 0 Å². The number of carbonyl (C=O) groups excluding carboxylic acids is 2. The van der Waals surface area contributed by atoms with Crippen LogP contribution in [0.1, 0.15) is 22.6 Å². The summed E-state index contributed by atoms with van der Waals surface area (Å²) in [5, 5.41) is 11.3. The summed E-state index contributed by atoms with van der Waals surface area (Å²) in [5.74, 6) is -1.39. The molecule has 1 amide bonds. The van der Waals surface area contributed by atoms with Crippen molar-refractivity contribution in [2.45, 2.75) is 18.4 Å². The number of carboxylic acids is 1. The first-order valence-corrected chi connectivity index (χ1v) is 11.1. The number of nitrogens with one attached hydrogen (secondary N) is 1. The van der Waals surface area contributed by atoms with E-state index in [0.717, 1.165) is 27.8 Å². The molecule has 35 heavy (non-hydrogen) atoms. The number of methoxy groups -OCH3 is 1. The third-order valence-corrected chi connectivity index (χ3v) is 5.85. The van der Waals surface area contributed by atoms with Gasteiger partial charge in [-0.05, 0) is 39.9 Å². The van der Waals surface area contributed by atoms with Crippen LogP contribution in [0.15, 0.2) is 72.8 Å². The van der Waals surface area contributed by atoms with Crippen molar-refractivity contribution in [1.29, 1.82) is 0 Å². The van der Waals surface area contributed by atoms with Gasteiger partial charge in [0.05, 0.1) is 7.11 Å². The molecule has 8 heteroatoms. The average Bonchev–Trinajstić information content (AvgIpc) is 3.20.